The van der Waals surface area contributed by atoms with E-state index in [0.717, 1.165) is 0 Å². The van der Waals surface area contributed by atoms with Crippen LogP contribution in [0.4, 0.5) is 9.18 Å². The maximum Gasteiger partial charge on any atom is 0.407 e. The SMILES string of the molecule is CCOC(=O)N[C@@H](C(=O)NCc1ccccc1F)C(C)C. The van der Waals surface area contributed by atoms with Gasteiger partial charge >= 0.3 is 6.09 Å². The van der Waals surface area contributed by atoms with Crippen LogP contribution in [0.3, 0.4) is 0 Å². The highest BCUT2D eigenvalue weighted by Crippen LogP contribution is 2.07. The van der Waals surface area contributed by atoms with Gasteiger partial charge in [-0.2, -0.15) is 0 Å². The Kier molecular flexibility index (Phi) is 6.65. The van der Waals surface area contributed by atoms with Gasteiger partial charge in [0.05, 0.1) is 6.61 Å². The monoisotopic (exact) mass is 296 g/mol. The average Bonchev–Trinajstić information content (AvgIpc) is 2.43. The van der Waals surface area contributed by atoms with E-state index in [4.69, 9.17) is 4.74 Å². The van der Waals surface area contributed by atoms with Gasteiger partial charge in [0, 0.05) is 12.1 Å². The van der Waals surface area contributed by atoms with Crippen molar-refractivity contribution in [1.82, 2.24) is 10.6 Å². The molecule has 1 aromatic rings. The van der Waals surface area contributed by atoms with Gasteiger partial charge in [0.25, 0.3) is 0 Å². The van der Waals surface area contributed by atoms with Crippen molar-refractivity contribution in [2.75, 3.05) is 6.61 Å². The Balaban J connectivity index is 2.61. The summed E-state index contributed by atoms with van der Waals surface area (Å²) in [6.07, 6.45) is -0.641. The van der Waals surface area contributed by atoms with Crippen molar-refractivity contribution in [1.29, 1.82) is 0 Å². The lowest BCUT2D eigenvalue weighted by Gasteiger charge is -2.21. The molecular weight excluding hydrogens is 275 g/mol. The van der Waals surface area contributed by atoms with E-state index < -0.39 is 12.1 Å². The van der Waals surface area contributed by atoms with Crippen LogP contribution < -0.4 is 10.6 Å². The molecule has 0 heterocycles. The number of hydrogen-bond donors (Lipinski definition) is 2. The first-order valence-electron chi connectivity index (χ1n) is 6.90. The molecule has 0 aromatic heterocycles. The second-order valence-corrected chi connectivity index (χ2v) is 4.90. The van der Waals surface area contributed by atoms with Crippen LogP contribution in [0.25, 0.3) is 0 Å². The molecule has 2 amide bonds. The Morgan fingerprint density at radius 2 is 1.95 bits per heavy atom. The minimum Gasteiger partial charge on any atom is -0.450 e. The van der Waals surface area contributed by atoms with Crippen LogP contribution in [0.5, 0.6) is 0 Å². The standard InChI is InChI=1S/C15H21FN2O3/c1-4-21-15(20)18-13(10(2)3)14(19)17-9-11-7-5-6-8-12(11)16/h5-8,10,13H,4,9H2,1-3H3,(H,17,19)(H,18,20)/t13-/m1/s1. The normalized spacial score (nSPS) is 11.9. The minimum absolute atomic E-state index is 0.0687. The Hall–Kier alpha value is -2.11. The van der Waals surface area contributed by atoms with E-state index in [2.05, 4.69) is 10.6 Å². The van der Waals surface area contributed by atoms with Crippen LogP contribution in [0, 0.1) is 11.7 Å². The second-order valence-electron chi connectivity index (χ2n) is 4.90. The topological polar surface area (TPSA) is 67.4 Å². The first kappa shape index (κ1) is 16.9. The van der Waals surface area contributed by atoms with Gasteiger partial charge in [-0.15, -0.1) is 0 Å². The summed E-state index contributed by atoms with van der Waals surface area (Å²) in [5, 5.41) is 5.12. The van der Waals surface area contributed by atoms with Crippen LogP contribution in [0.2, 0.25) is 0 Å². The zero-order valence-electron chi connectivity index (χ0n) is 12.5. The second kappa shape index (κ2) is 8.24. The molecule has 0 aliphatic rings. The first-order valence-corrected chi connectivity index (χ1v) is 6.90. The average molecular weight is 296 g/mol. The van der Waals surface area contributed by atoms with Crippen LogP contribution >= 0.6 is 0 Å². The van der Waals surface area contributed by atoms with Crippen LogP contribution in [0.1, 0.15) is 26.3 Å². The first-order chi connectivity index (χ1) is 9.95. The van der Waals surface area contributed by atoms with Gasteiger partial charge in [-0.25, -0.2) is 9.18 Å². The third-order valence-corrected chi connectivity index (χ3v) is 2.91. The van der Waals surface area contributed by atoms with Crippen molar-refractivity contribution in [3.63, 3.8) is 0 Å². The number of rotatable bonds is 6. The molecule has 116 valence electrons. The zero-order valence-corrected chi connectivity index (χ0v) is 12.5. The molecule has 5 nitrogen and oxygen atoms in total. The van der Waals surface area contributed by atoms with E-state index in [1.165, 1.54) is 6.07 Å². The summed E-state index contributed by atoms with van der Waals surface area (Å²) < 4.78 is 18.2. The Morgan fingerprint density at radius 3 is 2.52 bits per heavy atom. The van der Waals surface area contributed by atoms with Crippen molar-refractivity contribution in [2.45, 2.75) is 33.4 Å². The van der Waals surface area contributed by atoms with E-state index in [9.17, 15) is 14.0 Å². The fourth-order valence-electron chi connectivity index (χ4n) is 1.77. The number of hydrogen-bond acceptors (Lipinski definition) is 3. The number of amides is 2. The quantitative estimate of drug-likeness (QED) is 0.845. The summed E-state index contributed by atoms with van der Waals surface area (Å²) in [5.74, 6) is -0.867. The maximum absolute atomic E-state index is 13.5. The van der Waals surface area contributed by atoms with Crippen molar-refractivity contribution < 1.29 is 18.7 Å². The van der Waals surface area contributed by atoms with E-state index in [-0.39, 0.29) is 30.8 Å². The molecule has 0 unspecified atom stereocenters. The molecule has 0 fully saturated rings. The van der Waals surface area contributed by atoms with Gasteiger partial charge in [0.2, 0.25) is 5.91 Å². The highest BCUT2D eigenvalue weighted by atomic mass is 19.1. The zero-order chi connectivity index (χ0) is 15.8. The summed E-state index contributed by atoms with van der Waals surface area (Å²) in [5.41, 5.74) is 0.393. The summed E-state index contributed by atoms with van der Waals surface area (Å²) in [6.45, 7) is 5.59. The fraction of sp³-hybridized carbons (Fsp3) is 0.467. The molecule has 0 bridgehead atoms. The molecule has 0 radical (unpaired) electrons. The molecule has 1 atom stereocenters. The maximum atomic E-state index is 13.5. The molecule has 0 aliphatic heterocycles. The highest BCUT2D eigenvalue weighted by molar-refractivity contribution is 5.85. The van der Waals surface area contributed by atoms with Gasteiger partial charge < -0.3 is 15.4 Å². The smallest absolute Gasteiger partial charge is 0.407 e. The van der Waals surface area contributed by atoms with Crippen molar-refractivity contribution in [2.24, 2.45) is 5.92 Å². The van der Waals surface area contributed by atoms with Crippen LogP contribution in [0.15, 0.2) is 24.3 Å². The lowest BCUT2D eigenvalue weighted by Crippen LogP contribution is -2.49. The van der Waals surface area contributed by atoms with Crippen LogP contribution in [-0.4, -0.2) is 24.6 Å². The number of carbonyl (C=O) groups excluding carboxylic acids is 2. The third kappa shape index (κ3) is 5.41. The third-order valence-electron chi connectivity index (χ3n) is 2.91. The lowest BCUT2D eigenvalue weighted by atomic mass is 10.0. The Morgan fingerprint density at radius 1 is 1.29 bits per heavy atom. The predicted molar refractivity (Wildman–Crippen MR) is 77.0 cm³/mol. The summed E-state index contributed by atoms with van der Waals surface area (Å²) in [4.78, 5) is 23.5. The number of ether oxygens (including phenoxy) is 1. The van der Waals surface area contributed by atoms with E-state index in [0.29, 0.717) is 5.56 Å². The summed E-state index contributed by atoms with van der Waals surface area (Å²) in [6, 6.07) is 5.48. The van der Waals surface area contributed by atoms with E-state index in [1.807, 2.05) is 0 Å². The Labute approximate surface area is 123 Å². The molecule has 21 heavy (non-hydrogen) atoms. The van der Waals surface area contributed by atoms with E-state index in [1.54, 1.807) is 39.0 Å². The molecule has 6 heteroatoms. The predicted octanol–water partition coefficient (Wildman–Crippen LogP) is 2.21. The Bertz CT molecular complexity index is 492. The molecular formula is C15H21FN2O3. The minimum atomic E-state index is -0.726. The highest BCUT2D eigenvalue weighted by Gasteiger charge is 2.24. The van der Waals surface area contributed by atoms with Gasteiger partial charge in [-0.1, -0.05) is 32.0 Å². The largest absolute Gasteiger partial charge is 0.450 e. The molecule has 0 aliphatic carbocycles. The number of halogens is 1. The molecule has 1 rings (SSSR count). The molecule has 0 saturated heterocycles. The number of nitrogens with one attached hydrogen (secondary N) is 2. The van der Waals surface area contributed by atoms with Crippen molar-refractivity contribution >= 4 is 12.0 Å². The number of benzene rings is 1. The van der Waals surface area contributed by atoms with Crippen LogP contribution in [-0.2, 0) is 16.1 Å². The molecule has 1 aromatic carbocycles. The van der Waals surface area contributed by atoms with Gasteiger partial charge in [0.1, 0.15) is 11.9 Å². The lowest BCUT2D eigenvalue weighted by molar-refractivity contribution is -0.124. The summed E-state index contributed by atoms with van der Waals surface area (Å²) in [7, 11) is 0. The molecule has 2 N–H and O–H groups in total. The summed E-state index contributed by atoms with van der Waals surface area (Å²) >= 11 is 0. The fourth-order valence-corrected chi connectivity index (χ4v) is 1.77. The van der Waals surface area contributed by atoms with Crippen molar-refractivity contribution in [3.8, 4) is 0 Å². The number of carbonyl (C=O) groups is 2. The molecule has 0 saturated carbocycles. The van der Waals surface area contributed by atoms with Gasteiger partial charge in [-0.3, -0.25) is 4.79 Å². The molecule has 0 spiro atoms. The van der Waals surface area contributed by atoms with Crippen molar-refractivity contribution in [3.05, 3.63) is 35.6 Å². The number of alkyl carbamates (subject to hydrolysis) is 1. The van der Waals surface area contributed by atoms with Gasteiger partial charge in [0.15, 0.2) is 0 Å². The van der Waals surface area contributed by atoms with Gasteiger partial charge in [-0.05, 0) is 18.9 Å². The van der Waals surface area contributed by atoms with E-state index >= 15 is 0 Å².